The summed E-state index contributed by atoms with van der Waals surface area (Å²) in [7, 11) is 0. The van der Waals surface area contributed by atoms with E-state index in [1.165, 1.54) is 16.3 Å². The molecule has 1 saturated heterocycles. The number of aryl methyl sites for hydroxylation is 1. The van der Waals surface area contributed by atoms with Gasteiger partial charge in [-0.25, -0.2) is 0 Å². The lowest BCUT2D eigenvalue weighted by atomic mass is 10.0. The third kappa shape index (κ3) is 2.37. The number of hydrogen-bond acceptors (Lipinski definition) is 2. The van der Waals surface area contributed by atoms with Crippen LogP contribution in [0.15, 0.2) is 42.5 Å². The van der Waals surface area contributed by atoms with Gasteiger partial charge in [-0.1, -0.05) is 42.5 Å². The van der Waals surface area contributed by atoms with Crippen LogP contribution in [0.2, 0.25) is 0 Å². The summed E-state index contributed by atoms with van der Waals surface area (Å²) in [5.74, 6) is -0.0430. The summed E-state index contributed by atoms with van der Waals surface area (Å²) in [5, 5.41) is 2.55. The van der Waals surface area contributed by atoms with Gasteiger partial charge < -0.3 is 4.74 Å². The van der Waals surface area contributed by atoms with E-state index in [0.29, 0.717) is 6.42 Å². The van der Waals surface area contributed by atoms with E-state index in [1.54, 1.807) is 0 Å². The van der Waals surface area contributed by atoms with Gasteiger partial charge in [-0.3, -0.25) is 4.79 Å². The topological polar surface area (TPSA) is 26.3 Å². The molecule has 2 aromatic rings. The number of benzene rings is 2. The van der Waals surface area contributed by atoms with E-state index >= 15 is 0 Å². The van der Waals surface area contributed by atoms with Crippen molar-refractivity contribution in [1.29, 1.82) is 0 Å². The van der Waals surface area contributed by atoms with Crippen LogP contribution in [-0.2, 0) is 16.0 Å². The average molecular weight is 240 g/mol. The maximum absolute atomic E-state index is 11.0. The fourth-order valence-electron chi connectivity index (χ4n) is 2.51. The first-order valence-corrected chi connectivity index (χ1v) is 6.48. The van der Waals surface area contributed by atoms with Gasteiger partial charge >= 0.3 is 5.97 Å². The zero-order valence-corrected chi connectivity index (χ0v) is 10.3. The largest absolute Gasteiger partial charge is 0.462 e. The van der Waals surface area contributed by atoms with Crippen LogP contribution in [0.1, 0.15) is 24.8 Å². The maximum atomic E-state index is 11.0. The van der Waals surface area contributed by atoms with Crippen molar-refractivity contribution in [2.24, 2.45) is 0 Å². The monoisotopic (exact) mass is 240 g/mol. The molecule has 0 unspecified atom stereocenters. The number of rotatable bonds is 3. The summed E-state index contributed by atoms with van der Waals surface area (Å²) in [6.45, 7) is 0. The molecule has 92 valence electrons. The maximum Gasteiger partial charge on any atom is 0.306 e. The van der Waals surface area contributed by atoms with Gasteiger partial charge in [-0.15, -0.1) is 0 Å². The van der Waals surface area contributed by atoms with Gasteiger partial charge in [-0.05, 0) is 35.6 Å². The lowest BCUT2D eigenvalue weighted by molar-refractivity contribution is -0.141. The van der Waals surface area contributed by atoms with E-state index in [2.05, 4.69) is 42.5 Å². The Morgan fingerprint density at radius 3 is 2.72 bits per heavy atom. The van der Waals surface area contributed by atoms with E-state index in [1.807, 2.05) is 0 Å². The molecule has 0 saturated carbocycles. The number of hydrogen-bond donors (Lipinski definition) is 0. The molecule has 2 heteroatoms. The molecule has 1 atom stereocenters. The second-order valence-corrected chi connectivity index (χ2v) is 4.87. The van der Waals surface area contributed by atoms with E-state index in [-0.39, 0.29) is 12.1 Å². The predicted molar refractivity (Wildman–Crippen MR) is 71.4 cm³/mol. The first-order chi connectivity index (χ1) is 8.81. The number of cyclic esters (lactones) is 1. The fraction of sp³-hybridized carbons (Fsp3) is 0.312. The van der Waals surface area contributed by atoms with Gasteiger partial charge in [0.1, 0.15) is 6.10 Å². The van der Waals surface area contributed by atoms with Crippen molar-refractivity contribution in [3.63, 3.8) is 0 Å². The molecule has 3 rings (SSSR count). The van der Waals surface area contributed by atoms with Crippen LogP contribution in [-0.4, -0.2) is 12.1 Å². The minimum Gasteiger partial charge on any atom is -0.462 e. The second-order valence-electron chi connectivity index (χ2n) is 4.87. The third-order valence-corrected chi connectivity index (χ3v) is 3.54. The van der Waals surface area contributed by atoms with E-state index in [4.69, 9.17) is 4.74 Å². The van der Waals surface area contributed by atoms with E-state index < -0.39 is 0 Å². The summed E-state index contributed by atoms with van der Waals surface area (Å²) in [6.07, 6.45) is 3.51. The number of carbonyl (C=O) groups is 1. The summed E-state index contributed by atoms with van der Waals surface area (Å²) in [4.78, 5) is 11.0. The molecule has 0 bridgehead atoms. The fourth-order valence-corrected chi connectivity index (χ4v) is 2.51. The molecule has 1 heterocycles. The van der Waals surface area contributed by atoms with Crippen molar-refractivity contribution in [1.82, 2.24) is 0 Å². The van der Waals surface area contributed by atoms with E-state index in [9.17, 15) is 4.79 Å². The van der Waals surface area contributed by atoms with E-state index in [0.717, 1.165) is 19.3 Å². The van der Waals surface area contributed by atoms with Crippen LogP contribution in [0.25, 0.3) is 10.8 Å². The third-order valence-electron chi connectivity index (χ3n) is 3.54. The molecular weight excluding hydrogens is 224 g/mol. The lowest BCUT2D eigenvalue weighted by Crippen LogP contribution is -2.07. The first-order valence-electron chi connectivity index (χ1n) is 6.48. The van der Waals surface area contributed by atoms with Crippen molar-refractivity contribution >= 4 is 16.7 Å². The highest BCUT2D eigenvalue weighted by Gasteiger charge is 2.22. The Balaban J connectivity index is 1.69. The van der Waals surface area contributed by atoms with Crippen molar-refractivity contribution in [2.75, 3.05) is 0 Å². The highest BCUT2D eigenvalue weighted by Crippen LogP contribution is 2.21. The lowest BCUT2D eigenvalue weighted by Gasteiger charge is -2.09. The zero-order chi connectivity index (χ0) is 12.4. The first kappa shape index (κ1) is 11.3. The molecule has 0 N–H and O–H groups in total. The number of carbonyl (C=O) groups excluding carboxylic acids is 1. The van der Waals surface area contributed by atoms with Gasteiger partial charge in [0.2, 0.25) is 0 Å². The van der Waals surface area contributed by atoms with Gasteiger partial charge in [0.15, 0.2) is 0 Å². The molecule has 2 nitrogen and oxygen atoms in total. The minimum absolute atomic E-state index is 0.0430. The summed E-state index contributed by atoms with van der Waals surface area (Å²) >= 11 is 0. The van der Waals surface area contributed by atoms with Crippen LogP contribution in [0, 0.1) is 0 Å². The SMILES string of the molecule is O=C1CC[C@H](CCc2ccc3ccccc3c2)O1. The second kappa shape index (κ2) is 4.81. The molecular formula is C16H16O2. The highest BCUT2D eigenvalue weighted by molar-refractivity contribution is 5.83. The Kier molecular flexibility index (Phi) is 3.01. The number of ether oxygens (including phenoxy) is 1. The zero-order valence-electron chi connectivity index (χ0n) is 10.3. The van der Waals surface area contributed by atoms with Crippen LogP contribution in [0.5, 0.6) is 0 Å². The average Bonchev–Trinajstić information content (AvgIpc) is 2.82. The summed E-state index contributed by atoms with van der Waals surface area (Å²) in [6, 6.07) is 14.9. The van der Waals surface area contributed by atoms with Crippen LogP contribution in [0.4, 0.5) is 0 Å². The number of fused-ring (bicyclic) bond motifs is 1. The van der Waals surface area contributed by atoms with Crippen molar-refractivity contribution in [2.45, 2.75) is 31.8 Å². The highest BCUT2D eigenvalue weighted by atomic mass is 16.5. The number of esters is 1. The molecule has 1 aliphatic rings. The van der Waals surface area contributed by atoms with Crippen LogP contribution in [0.3, 0.4) is 0 Å². The molecule has 0 aliphatic carbocycles. The molecule has 0 radical (unpaired) electrons. The van der Waals surface area contributed by atoms with Gasteiger partial charge in [0, 0.05) is 6.42 Å². The Labute approximate surface area is 107 Å². The molecule has 1 fully saturated rings. The summed E-state index contributed by atoms with van der Waals surface area (Å²) in [5.41, 5.74) is 1.32. The Bertz CT molecular complexity index is 574. The quantitative estimate of drug-likeness (QED) is 0.768. The Hall–Kier alpha value is -1.83. The van der Waals surface area contributed by atoms with Crippen LogP contribution >= 0.6 is 0 Å². The standard InChI is InChI=1S/C16H16O2/c17-16-10-9-15(18-16)8-6-12-5-7-13-3-1-2-4-14(13)11-12/h1-5,7,11,15H,6,8-10H2/t15-/m0/s1. The van der Waals surface area contributed by atoms with Gasteiger partial charge in [0.05, 0.1) is 0 Å². The smallest absolute Gasteiger partial charge is 0.306 e. The molecule has 0 aromatic heterocycles. The Morgan fingerprint density at radius 2 is 1.94 bits per heavy atom. The van der Waals surface area contributed by atoms with Gasteiger partial charge in [0.25, 0.3) is 0 Å². The summed E-state index contributed by atoms with van der Waals surface area (Å²) < 4.78 is 5.23. The van der Waals surface area contributed by atoms with Crippen molar-refractivity contribution in [3.8, 4) is 0 Å². The predicted octanol–water partition coefficient (Wildman–Crippen LogP) is 3.48. The molecule has 1 aliphatic heterocycles. The van der Waals surface area contributed by atoms with Gasteiger partial charge in [-0.2, -0.15) is 0 Å². The van der Waals surface area contributed by atoms with Crippen molar-refractivity contribution in [3.05, 3.63) is 48.0 Å². The molecule has 0 spiro atoms. The minimum atomic E-state index is -0.0430. The molecule has 2 aromatic carbocycles. The normalized spacial score (nSPS) is 19.1. The van der Waals surface area contributed by atoms with Crippen molar-refractivity contribution < 1.29 is 9.53 Å². The Morgan fingerprint density at radius 1 is 1.11 bits per heavy atom. The molecule has 0 amide bonds. The molecule has 18 heavy (non-hydrogen) atoms. The van der Waals surface area contributed by atoms with Crippen LogP contribution < -0.4 is 0 Å².